The predicted molar refractivity (Wildman–Crippen MR) is 61.8 cm³/mol. The van der Waals surface area contributed by atoms with Gasteiger partial charge in [-0.3, -0.25) is 5.73 Å². The second kappa shape index (κ2) is 6.25. The number of hydrogen-bond donors (Lipinski definition) is 1. The minimum atomic E-state index is 0. The SMILES string of the molecule is [Au+].[CH-]=C(O[n+]1ccccc1N)c1ccccc1. The molecular weight excluding hydrogens is 397 g/mol. The molecule has 0 unspecified atom stereocenters. The van der Waals surface area contributed by atoms with E-state index >= 15 is 0 Å². The first kappa shape index (κ1) is 13.5. The van der Waals surface area contributed by atoms with Gasteiger partial charge in [0.1, 0.15) is 6.20 Å². The fraction of sp³-hybridized carbons (Fsp3) is 0. The Morgan fingerprint density at radius 2 is 1.71 bits per heavy atom. The molecule has 2 N–H and O–H groups in total. The van der Waals surface area contributed by atoms with Crippen LogP contribution in [0.2, 0.25) is 0 Å². The van der Waals surface area contributed by atoms with Gasteiger partial charge in [0.05, 0.1) is 0 Å². The van der Waals surface area contributed by atoms with Gasteiger partial charge in [-0.15, -0.1) is 17.7 Å². The van der Waals surface area contributed by atoms with E-state index in [2.05, 4.69) is 0 Å². The minimum Gasteiger partial charge on any atom is -0.335 e. The van der Waals surface area contributed by atoms with Crippen molar-refractivity contribution in [3.8, 4) is 0 Å². The van der Waals surface area contributed by atoms with Crippen molar-refractivity contribution in [3.63, 3.8) is 0 Å². The molecule has 3 nitrogen and oxygen atoms in total. The summed E-state index contributed by atoms with van der Waals surface area (Å²) in [5, 5.41) is 0. The first-order valence-corrected chi connectivity index (χ1v) is 4.90. The van der Waals surface area contributed by atoms with Crippen molar-refractivity contribution in [1.82, 2.24) is 0 Å². The summed E-state index contributed by atoms with van der Waals surface area (Å²) in [6, 6.07) is 14.8. The number of aromatic nitrogens is 1. The van der Waals surface area contributed by atoms with E-state index in [1.54, 1.807) is 12.3 Å². The number of benzene rings is 1. The summed E-state index contributed by atoms with van der Waals surface area (Å²) < 4.78 is 1.42. The third-order valence-corrected chi connectivity index (χ3v) is 2.11. The summed E-state index contributed by atoms with van der Waals surface area (Å²) in [6.45, 7) is 5.81. The fourth-order valence-corrected chi connectivity index (χ4v) is 1.29. The molecule has 1 heterocycles. The first-order chi connectivity index (χ1) is 7.77. The molecule has 0 saturated carbocycles. The maximum absolute atomic E-state index is 5.81. The molecule has 90 valence electrons. The van der Waals surface area contributed by atoms with Gasteiger partial charge in [0, 0.05) is 11.8 Å². The van der Waals surface area contributed by atoms with Crippen LogP contribution in [-0.4, -0.2) is 0 Å². The predicted octanol–water partition coefficient (Wildman–Crippen LogP) is 1.46. The van der Waals surface area contributed by atoms with Gasteiger partial charge in [0.15, 0.2) is 0 Å². The smallest absolute Gasteiger partial charge is 0.335 e. The van der Waals surface area contributed by atoms with Crippen LogP contribution in [0.1, 0.15) is 5.56 Å². The van der Waals surface area contributed by atoms with Crippen LogP contribution in [0.4, 0.5) is 5.82 Å². The first-order valence-electron chi connectivity index (χ1n) is 4.90. The zero-order valence-corrected chi connectivity index (χ0v) is 11.2. The topological polar surface area (TPSA) is 39.1 Å². The summed E-state index contributed by atoms with van der Waals surface area (Å²) in [4.78, 5) is 5.42. The van der Waals surface area contributed by atoms with Gasteiger partial charge in [0.2, 0.25) is 0 Å². The molecule has 0 bridgehead atoms. The Bertz CT molecular complexity index is 500. The fourth-order valence-electron chi connectivity index (χ4n) is 1.29. The molecule has 2 rings (SSSR count). The molecular formula is C13H12AuN2O+. The van der Waals surface area contributed by atoms with Gasteiger partial charge in [-0.25, -0.2) is 6.58 Å². The van der Waals surface area contributed by atoms with Gasteiger partial charge < -0.3 is 4.84 Å². The average molecular weight is 409 g/mol. The summed E-state index contributed by atoms with van der Waals surface area (Å²) >= 11 is 0. The maximum atomic E-state index is 5.81. The van der Waals surface area contributed by atoms with E-state index < -0.39 is 0 Å². The third kappa shape index (κ3) is 3.46. The van der Waals surface area contributed by atoms with Crippen molar-refractivity contribution < 1.29 is 31.9 Å². The molecule has 0 aliphatic carbocycles. The molecule has 0 saturated heterocycles. The van der Waals surface area contributed by atoms with E-state index in [0.29, 0.717) is 11.6 Å². The van der Waals surface area contributed by atoms with Gasteiger partial charge in [-0.1, -0.05) is 24.3 Å². The second-order valence-electron chi connectivity index (χ2n) is 3.27. The molecule has 0 aliphatic rings. The third-order valence-electron chi connectivity index (χ3n) is 2.11. The van der Waals surface area contributed by atoms with Gasteiger partial charge >= 0.3 is 28.2 Å². The molecule has 0 spiro atoms. The van der Waals surface area contributed by atoms with Crippen molar-refractivity contribution in [2.75, 3.05) is 5.73 Å². The van der Waals surface area contributed by atoms with E-state index in [-0.39, 0.29) is 22.4 Å². The molecule has 0 fully saturated rings. The molecule has 17 heavy (non-hydrogen) atoms. The van der Waals surface area contributed by atoms with Crippen LogP contribution < -0.4 is 15.3 Å². The number of hydrogen-bond acceptors (Lipinski definition) is 2. The standard InChI is InChI=1S/C13H11N2O.Au/c1-11(12-7-3-2-4-8-12)16-15-10-6-5-9-13(15)14;/h1-10,14H;/q-1;+1/p+1. The Morgan fingerprint density at radius 1 is 1.06 bits per heavy atom. The van der Waals surface area contributed by atoms with Crippen molar-refractivity contribution in [2.24, 2.45) is 0 Å². The molecule has 2 aromatic rings. The van der Waals surface area contributed by atoms with Gasteiger partial charge in [0.25, 0.3) is 0 Å². The summed E-state index contributed by atoms with van der Waals surface area (Å²) in [7, 11) is 0. The van der Waals surface area contributed by atoms with E-state index in [1.165, 1.54) is 4.73 Å². The average Bonchev–Trinajstić information content (AvgIpc) is 2.33. The zero-order chi connectivity index (χ0) is 11.4. The molecule has 0 aliphatic heterocycles. The largest absolute Gasteiger partial charge is 1.00 e. The van der Waals surface area contributed by atoms with E-state index in [0.717, 1.165) is 5.56 Å². The molecule has 1 aromatic carbocycles. The van der Waals surface area contributed by atoms with Crippen LogP contribution in [0.15, 0.2) is 54.7 Å². The number of rotatable bonds is 3. The summed E-state index contributed by atoms with van der Waals surface area (Å²) in [5.41, 5.74) is 6.53. The van der Waals surface area contributed by atoms with Crippen molar-refractivity contribution in [1.29, 1.82) is 0 Å². The van der Waals surface area contributed by atoms with Crippen molar-refractivity contribution >= 4 is 11.6 Å². The summed E-state index contributed by atoms with van der Waals surface area (Å²) in [5.74, 6) is 0.796. The van der Waals surface area contributed by atoms with Crippen LogP contribution in [0.25, 0.3) is 5.76 Å². The molecule has 4 heteroatoms. The number of nitrogens with two attached hydrogens (primary N) is 1. The Labute approximate surface area is 116 Å². The van der Waals surface area contributed by atoms with Crippen LogP contribution >= 0.6 is 0 Å². The molecule has 0 radical (unpaired) electrons. The van der Waals surface area contributed by atoms with Crippen LogP contribution in [0, 0.1) is 6.58 Å². The zero-order valence-electron chi connectivity index (χ0n) is 9.01. The Hall–Kier alpha value is -1.55. The Kier molecular flexibility index (Phi) is 4.97. The van der Waals surface area contributed by atoms with Crippen LogP contribution in [0.5, 0.6) is 0 Å². The van der Waals surface area contributed by atoms with Crippen molar-refractivity contribution in [2.45, 2.75) is 0 Å². The number of nitrogen functional groups attached to an aromatic ring is 1. The van der Waals surface area contributed by atoms with Crippen LogP contribution in [-0.2, 0) is 22.4 Å². The number of nitrogens with zero attached hydrogens (tertiary/aromatic N) is 1. The second-order valence-corrected chi connectivity index (χ2v) is 3.27. The molecule has 0 amide bonds. The maximum Gasteiger partial charge on any atom is 1.00 e. The monoisotopic (exact) mass is 409 g/mol. The van der Waals surface area contributed by atoms with E-state index in [1.807, 2.05) is 42.5 Å². The van der Waals surface area contributed by atoms with Crippen LogP contribution in [0.3, 0.4) is 0 Å². The van der Waals surface area contributed by atoms with Gasteiger partial charge in [-0.2, -0.15) is 0 Å². The normalized spacial score (nSPS) is 9.18. The van der Waals surface area contributed by atoms with Gasteiger partial charge in [-0.05, 0) is 10.8 Å². The van der Waals surface area contributed by atoms with Crippen molar-refractivity contribution in [3.05, 3.63) is 66.9 Å². The minimum absolute atomic E-state index is 0. The Balaban J connectivity index is 0.00000144. The number of anilines is 1. The van der Waals surface area contributed by atoms with E-state index in [4.69, 9.17) is 17.2 Å². The molecule has 1 aromatic heterocycles. The summed E-state index contributed by atoms with van der Waals surface area (Å²) in [6.07, 6.45) is 1.70. The number of pyridine rings is 1. The molecule has 0 atom stereocenters. The Morgan fingerprint density at radius 3 is 2.35 bits per heavy atom. The quantitative estimate of drug-likeness (QED) is 0.361. The van der Waals surface area contributed by atoms with E-state index in [9.17, 15) is 0 Å².